The maximum absolute atomic E-state index is 2.53. The zero-order valence-electron chi connectivity index (χ0n) is 11.3. The molecule has 1 aromatic carbocycles. The molecular formula is C15H24N2. The van der Waals surface area contributed by atoms with E-state index in [4.69, 9.17) is 0 Å². The molecule has 94 valence electrons. The first kappa shape index (κ1) is 12.4. The summed E-state index contributed by atoms with van der Waals surface area (Å²) in [6.07, 6.45) is 3.91. The van der Waals surface area contributed by atoms with Crippen LogP contribution in [0.15, 0.2) is 24.3 Å². The summed E-state index contributed by atoms with van der Waals surface area (Å²) in [6, 6.07) is 9.69. The SMILES string of the molecule is Cc1ccc(N2CCCC(N(C)C)CC2)cc1. The fraction of sp³-hybridized carbons (Fsp3) is 0.600. The molecule has 1 aliphatic rings. The van der Waals surface area contributed by atoms with Gasteiger partial charge in [-0.05, 0) is 52.4 Å². The van der Waals surface area contributed by atoms with E-state index in [2.05, 4.69) is 55.1 Å². The van der Waals surface area contributed by atoms with Crippen LogP contribution in [0.3, 0.4) is 0 Å². The Morgan fingerprint density at radius 1 is 1.06 bits per heavy atom. The van der Waals surface area contributed by atoms with Gasteiger partial charge in [0.05, 0.1) is 0 Å². The second-order valence-corrected chi connectivity index (χ2v) is 5.37. The number of rotatable bonds is 2. The molecule has 1 aliphatic heterocycles. The van der Waals surface area contributed by atoms with Crippen LogP contribution in [0, 0.1) is 6.92 Å². The Labute approximate surface area is 105 Å². The summed E-state index contributed by atoms with van der Waals surface area (Å²) in [5.74, 6) is 0. The molecule has 2 rings (SSSR count). The fourth-order valence-electron chi connectivity index (χ4n) is 2.61. The molecule has 1 heterocycles. The average Bonchev–Trinajstić information content (AvgIpc) is 2.55. The van der Waals surface area contributed by atoms with Crippen molar-refractivity contribution in [2.24, 2.45) is 0 Å². The molecule has 17 heavy (non-hydrogen) atoms. The molecule has 2 nitrogen and oxygen atoms in total. The van der Waals surface area contributed by atoms with Gasteiger partial charge in [-0.25, -0.2) is 0 Å². The van der Waals surface area contributed by atoms with Crippen molar-refractivity contribution >= 4 is 5.69 Å². The molecule has 1 unspecified atom stereocenters. The third-order valence-electron chi connectivity index (χ3n) is 3.83. The Kier molecular flexibility index (Phi) is 4.06. The summed E-state index contributed by atoms with van der Waals surface area (Å²) in [6.45, 7) is 4.54. The Bertz CT molecular complexity index is 342. The van der Waals surface area contributed by atoms with E-state index < -0.39 is 0 Å². The van der Waals surface area contributed by atoms with E-state index >= 15 is 0 Å². The van der Waals surface area contributed by atoms with Gasteiger partial charge in [0, 0.05) is 24.8 Å². The topological polar surface area (TPSA) is 6.48 Å². The highest BCUT2D eigenvalue weighted by Gasteiger charge is 2.18. The summed E-state index contributed by atoms with van der Waals surface area (Å²) in [5.41, 5.74) is 2.73. The van der Waals surface area contributed by atoms with Crippen molar-refractivity contribution in [1.29, 1.82) is 0 Å². The Morgan fingerprint density at radius 2 is 1.76 bits per heavy atom. The minimum Gasteiger partial charge on any atom is -0.371 e. The van der Waals surface area contributed by atoms with E-state index in [0.717, 1.165) is 6.04 Å². The van der Waals surface area contributed by atoms with Gasteiger partial charge in [-0.3, -0.25) is 0 Å². The first-order valence-corrected chi connectivity index (χ1v) is 6.65. The molecule has 2 heteroatoms. The van der Waals surface area contributed by atoms with Crippen LogP contribution < -0.4 is 4.90 Å². The van der Waals surface area contributed by atoms with Gasteiger partial charge in [-0.15, -0.1) is 0 Å². The molecule has 0 aliphatic carbocycles. The Morgan fingerprint density at radius 3 is 2.41 bits per heavy atom. The molecule has 0 spiro atoms. The molecular weight excluding hydrogens is 208 g/mol. The van der Waals surface area contributed by atoms with Crippen molar-refractivity contribution in [3.8, 4) is 0 Å². The van der Waals surface area contributed by atoms with Gasteiger partial charge in [-0.2, -0.15) is 0 Å². The van der Waals surface area contributed by atoms with Crippen molar-refractivity contribution in [2.75, 3.05) is 32.1 Å². The Balaban J connectivity index is 2.01. The molecule has 0 bridgehead atoms. The number of aryl methyl sites for hydroxylation is 1. The van der Waals surface area contributed by atoms with Crippen LogP contribution >= 0.6 is 0 Å². The van der Waals surface area contributed by atoms with Gasteiger partial charge in [-0.1, -0.05) is 17.7 Å². The van der Waals surface area contributed by atoms with E-state index in [9.17, 15) is 0 Å². The fourth-order valence-corrected chi connectivity index (χ4v) is 2.61. The van der Waals surface area contributed by atoms with Crippen molar-refractivity contribution in [2.45, 2.75) is 32.2 Å². The van der Waals surface area contributed by atoms with E-state index in [1.807, 2.05) is 0 Å². The molecule has 1 fully saturated rings. The van der Waals surface area contributed by atoms with Crippen LogP contribution in [-0.2, 0) is 0 Å². The lowest BCUT2D eigenvalue weighted by Crippen LogP contribution is -2.30. The normalized spacial score (nSPS) is 21.6. The molecule has 0 saturated carbocycles. The number of benzene rings is 1. The van der Waals surface area contributed by atoms with Crippen molar-refractivity contribution in [1.82, 2.24) is 4.90 Å². The molecule has 0 amide bonds. The first-order chi connectivity index (χ1) is 8.16. The second-order valence-electron chi connectivity index (χ2n) is 5.37. The van der Waals surface area contributed by atoms with E-state index in [-0.39, 0.29) is 0 Å². The summed E-state index contributed by atoms with van der Waals surface area (Å²) in [4.78, 5) is 4.90. The quantitative estimate of drug-likeness (QED) is 0.773. The lowest BCUT2D eigenvalue weighted by atomic mass is 10.1. The zero-order valence-corrected chi connectivity index (χ0v) is 11.3. The van der Waals surface area contributed by atoms with Crippen LogP contribution in [0.1, 0.15) is 24.8 Å². The van der Waals surface area contributed by atoms with Gasteiger partial charge in [0.15, 0.2) is 0 Å². The summed E-state index contributed by atoms with van der Waals surface area (Å²) in [7, 11) is 4.40. The maximum Gasteiger partial charge on any atom is 0.0366 e. The smallest absolute Gasteiger partial charge is 0.0366 e. The Hall–Kier alpha value is -1.02. The van der Waals surface area contributed by atoms with Gasteiger partial charge in [0.2, 0.25) is 0 Å². The molecule has 1 saturated heterocycles. The number of nitrogens with zero attached hydrogens (tertiary/aromatic N) is 2. The van der Waals surface area contributed by atoms with Crippen molar-refractivity contribution < 1.29 is 0 Å². The highest BCUT2D eigenvalue weighted by molar-refractivity contribution is 5.47. The maximum atomic E-state index is 2.53. The zero-order chi connectivity index (χ0) is 12.3. The minimum absolute atomic E-state index is 0.755. The summed E-state index contributed by atoms with van der Waals surface area (Å²) < 4.78 is 0. The van der Waals surface area contributed by atoms with E-state index in [1.165, 1.54) is 43.6 Å². The van der Waals surface area contributed by atoms with Gasteiger partial charge < -0.3 is 9.80 Å². The van der Waals surface area contributed by atoms with Crippen LogP contribution in [0.5, 0.6) is 0 Å². The van der Waals surface area contributed by atoms with Crippen molar-refractivity contribution in [3.05, 3.63) is 29.8 Å². The third kappa shape index (κ3) is 3.22. The van der Waals surface area contributed by atoms with Crippen LogP contribution in [0.2, 0.25) is 0 Å². The highest BCUT2D eigenvalue weighted by atomic mass is 15.2. The second kappa shape index (κ2) is 5.54. The number of anilines is 1. The van der Waals surface area contributed by atoms with Crippen LogP contribution in [0.25, 0.3) is 0 Å². The van der Waals surface area contributed by atoms with Crippen LogP contribution in [0.4, 0.5) is 5.69 Å². The predicted octanol–water partition coefficient (Wildman–Crippen LogP) is 2.92. The molecule has 0 radical (unpaired) electrons. The molecule has 0 N–H and O–H groups in total. The van der Waals surface area contributed by atoms with Gasteiger partial charge in [0.1, 0.15) is 0 Å². The average molecular weight is 232 g/mol. The molecule has 1 atom stereocenters. The third-order valence-corrected chi connectivity index (χ3v) is 3.83. The van der Waals surface area contributed by atoms with E-state index in [1.54, 1.807) is 0 Å². The minimum atomic E-state index is 0.755. The predicted molar refractivity (Wildman–Crippen MR) is 74.7 cm³/mol. The lowest BCUT2D eigenvalue weighted by molar-refractivity contribution is 0.272. The molecule has 1 aromatic rings. The summed E-state index contributed by atoms with van der Waals surface area (Å²) in [5, 5.41) is 0. The lowest BCUT2D eigenvalue weighted by Gasteiger charge is -2.24. The van der Waals surface area contributed by atoms with Gasteiger partial charge >= 0.3 is 0 Å². The number of hydrogen-bond donors (Lipinski definition) is 0. The standard InChI is InChI=1S/C15H24N2/c1-13-6-8-15(9-7-13)17-11-4-5-14(10-12-17)16(2)3/h6-9,14H,4-5,10-12H2,1-3H3. The highest BCUT2D eigenvalue weighted by Crippen LogP contribution is 2.21. The van der Waals surface area contributed by atoms with Crippen LogP contribution in [-0.4, -0.2) is 38.1 Å². The molecule has 0 aromatic heterocycles. The monoisotopic (exact) mass is 232 g/mol. The van der Waals surface area contributed by atoms with Gasteiger partial charge in [0.25, 0.3) is 0 Å². The number of hydrogen-bond acceptors (Lipinski definition) is 2. The largest absolute Gasteiger partial charge is 0.371 e. The van der Waals surface area contributed by atoms with Crippen molar-refractivity contribution in [3.63, 3.8) is 0 Å². The summed E-state index contributed by atoms with van der Waals surface area (Å²) >= 11 is 0. The first-order valence-electron chi connectivity index (χ1n) is 6.65. The van der Waals surface area contributed by atoms with E-state index in [0.29, 0.717) is 0 Å².